The van der Waals surface area contributed by atoms with Crippen LogP contribution >= 0.6 is 0 Å². The molecule has 2 amide bonds. The van der Waals surface area contributed by atoms with Gasteiger partial charge in [0.05, 0.1) is 11.6 Å². The highest BCUT2D eigenvalue weighted by atomic mass is 16.5. The van der Waals surface area contributed by atoms with Crippen molar-refractivity contribution < 1.29 is 19.1 Å². The molecule has 0 aliphatic rings. The van der Waals surface area contributed by atoms with Crippen LogP contribution in [0.3, 0.4) is 0 Å². The van der Waals surface area contributed by atoms with Crippen LogP contribution in [-0.4, -0.2) is 31.4 Å². The first kappa shape index (κ1) is 18.7. The van der Waals surface area contributed by atoms with Gasteiger partial charge in [-0.1, -0.05) is 18.2 Å². The molecule has 2 aromatic rings. The molecule has 7 heteroatoms. The van der Waals surface area contributed by atoms with Crippen LogP contribution in [0.2, 0.25) is 0 Å². The molecule has 26 heavy (non-hydrogen) atoms. The number of anilines is 2. The SMILES string of the molecule is CN(C(=O)COC(=O)c1ccc(NC(=O)CC#N)cc1)c1ccccc1. The highest BCUT2D eigenvalue weighted by Crippen LogP contribution is 2.13. The summed E-state index contributed by atoms with van der Waals surface area (Å²) in [5.41, 5.74) is 1.41. The number of nitrogens with one attached hydrogen (secondary N) is 1. The van der Waals surface area contributed by atoms with Gasteiger partial charge in [-0.2, -0.15) is 5.26 Å². The summed E-state index contributed by atoms with van der Waals surface area (Å²) in [6.07, 6.45) is -0.249. The van der Waals surface area contributed by atoms with E-state index >= 15 is 0 Å². The molecule has 0 fully saturated rings. The van der Waals surface area contributed by atoms with Gasteiger partial charge in [-0.15, -0.1) is 0 Å². The standard InChI is InChI=1S/C19H17N3O4/c1-22(16-5-3-2-4-6-16)18(24)13-26-19(25)14-7-9-15(10-8-14)21-17(23)11-12-20/h2-10H,11,13H2,1H3,(H,21,23). The average Bonchev–Trinajstić information content (AvgIpc) is 2.66. The van der Waals surface area contributed by atoms with Crippen molar-refractivity contribution in [3.8, 4) is 6.07 Å². The van der Waals surface area contributed by atoms with Gasteiger partial charge in [-0.25, -0.2) is 4.79 Å². The number of likely N-dealkylation sites (N-methyl/N-ethyl adjacent to an activating group) is 1. The van der Waals surface area contributed by atoms with Gasteiger partial charge < -0.3 is 15.0 Å². The van der Waals surface area contributed by atoms with Crippen molar-refractivity contribution >= 4 is 29.2 Å². The highest BCUT2D eigenvalue weighted by Gasteiger charge is 2.14. The molecule has 0 radical (unpaired) electrons. The second-order valence-corrected chi connectivity index (χ2v) is 5.32. The van der Waals surface area contributed by atoms with Gasteiger partial charge >= 0.3 is 5.97 Å². The van der Waals surface area contributed by atoms with Crippen LogP contribution in [-0.2, 0) is 14.3 Å². The number of hydrogen-bond acceptors (Lipinski definition) is 5. The van der Waals surface area contributed by atoms with Gasteiger partial charge in [0.1, 0.15) is 6.42 Å². The van der Waals surface area contributed by atoms with E-state index in [1.54, 1.807) is 25.2 Å². The van der Waals surface area contributed by atoms with Crippen molar-refractivity contribution in [1.29, 1.82) is 5.26 Å². The third-order valence-electron chi connectivity index (χ3n) is 3.49. The first-order chi connectivity index (χ1) is 12.5. The van der Waals surface area contributed by atoms with Crippen molar-refractivity contribution in [3.05, 3.63) is 60.2 Å². The van der Waals surface area contributed by atoms with E-state index in [1.807, 2.05) is 18.2 Å². The van der Waals surface area contributed by atoms with Crippen molar-refractivity contribution in [2.75, 3.05) is 23.9 Å². The smallest absolute Gasteiger partial charge is 0.338 e. The molecule has 0 aromatic heterocycles. The highest BCUT2D eigenvalue weighted by molar-refractivity contribution is 5.97. The first-order valence-corrected chi connectivity index (χ1v) is 7.77. The molecule has 0 bridgehead atoms. The Hall–Kier alpha value is -3.66. The number of nitrogens with zero attached hydrogens (tertiary/aromatic N) is 2. The van der Waals surface area contributed by atoms with E-state index in [0.717, 1.165) is 0 Å². The lowest BCUT2D eigenvalue weighted by Crippen LogP contribution is -2.31. The predicted molar refractivity (Wildman–Crippen MR) is 95.4 cm³/mol. The molecular weight excluding hydrogens is 334 g/mol. The Labute approximate surface area is 150 Å². The third-order valence-corrected chi connectivity index (χ3v) is 3.49. The molecule has 0 aliphatic heterocycles. The minimum absolute atomic E-state index is 0.249. The van der Waals surface area contributed by atoms with E-state index in [1.165, 1.54) is 29.2 Å². The van der Waals surface area contributed by atoms with Gasteiger partial charge in [0.25, 0.3) is 5.91 Å². The van der Waals surface area contributed by atoms with Crippen LogP contribution in [0.15, 0.2) is 54.6 Å². The molecule has 0 aliphatic carbocycles. The number of ether oxygens (including phenoxy) is 1. The fraction of sp³-hybridized carbons (Fsp3) is 0.158. The maximum Gasteiger partial charge on any atom is 0.338 e. The zero-order valence-electron chi connectivity index (χ0n) is 14.1. The summed E-state index contributed by atoms with van der Waals surface area (Å²) in [6.45, 7) is -0.384. The zero-order valence-corrected chi connectivity index (χ0v) is 14.1. The van der Waals surface area contributed by atoms with Crippen LogP contribution in [0.1, 0.15) is 16.8 Å². The van der Waals surface area contributed by atoms with Crippen molar-refractivity contribution in [2.45, 2.75) is 6.42 Å². The van der Waals surface area contributed by atoms with Gasteiger partial charge in [0.2, 0.25) is 5.91 Å². The maximum absolute atomic E-state index is 12.1. The topological polar surface area (TPSA) is 99.5 Å². The molecule has 0 atom stereocenters. The van der Waals surface area contributed by atoms with Gasteiger partial charge in [-0.05, 0) is 36.4 Å². The summed E-state index contributed by atoms with van der Waals surface area (Å²) >= 11 is 0. The van der Waals surface area contributed by atoms with Crippen LogP contribution in [0.25, 0.3) is 0 Å². The fourth-order valence-corrected chi connectivity index (χ4v) is 2.07. The van der Waals surface area contributed by atoms with E-state index in [4.69, 9.17) is 10.00 Å². The number of carbonyl (C=O) groups excluding carboxylic acids is 3. The molecule has 7 nitrogen and oxygen atoms in total. The zero-order chi connectivity index (χ0) is 18.9. The molecule has 0 unspecified atom stereocenters. The predicted octanol–water partition coefficient (Wildman–Crippen LogP) is 2.36. The Morgan fingerprint density at radius 2 is 1.73 bits per heavy atom. The van der Waals surface area contributed by atoms with E-state index in [-0.39, 0.29) is 24.5 Å². The summed E-state index contributed by atoms with van der Waals surface area (Å²) in [5.74, 6) is -1.43. The number of para-hydroxylation sites is 1. The van der Waals surface area contributed by atoms with Crippen LogP contribution in [0.5, 0.6) is 0 Å². The Bertz CT molecular complexity index is 826. The van der Waals surface area contributed by atoms with Gasteiger partial charge in [0, 0.05) is 18.4 Å². The number of benzene rings is 2. The monoisotopic (exact) mass is 351 g/mol. The summed E-state index contributed by atoms with van der Waals surface area (Å²) in [6, 6.07) is 16.7. The second kappa shape index (κ2) is 8.99. The maximum atomic E-state index is 12.1. The number of nitriles is 1. The molecule has 0 saturated carbocycles. The number of hydrogen-bond donors (Lipinski definition) is 1. The molecule has 0 spiro atoms. The number of esters is 1. The Kier molecular flexibility index (Phi) is 6.46. The molecule has 0 heterocycles. The van der Waals surface area contributed by atoms with E-state index in [2.05, 4.69) is 5.32 Å². The lowest BCUT2D eigenvalue weighted by Gasteiger charge is -2.17. The third kappa shape index (κ3) is 5.18. The normalized spacial score (nSPS) is 9.69. The minimum Gasteiger partial charge on any atom is -0.452 e. The summed E-state index contributed by atoms with van der Waals surface area (Å²) in [7, 11) is 1.60. The molecule has 2 rings (SSSR count). The van der Waals surface area contributed by atoms with Crippen LogP contribution in [0, 0.1) is 11.3 Å². The molecule has 0 saturated heterocycles. The molecule has 132 valence electrons. The number of rotatable bonds is 6. The van der Waals surface area contributed by atoms with E-state index in [0.29, 0.717) is 11.4 Å². The van der Waals surface area contributed by atoms with Crippen LogP contribution < -0.4 is 10.2 Å². The Balaban J connectivity index is 1.88. The molecular formula is C19H17N3O4. The first-order valence-electron chi connectivity index (χ1n) is 7.77. The van der Waals surface area contributed by atoms with E-state index < -0.39 is 11.9 Å². The summed E-state index contributed by atoms with van der Waals surface area (Å²) < 4.78 is 5.03. The van der Waals surface area contributed by atoms with Gasteiger partial charge in [0.15, 0.2) is 6.61 Å². The summed E-state index contributed by atoms with van der Waals surface area (Å²) in [5, 5.41) is 11.0. The lowest BCUT2D eigenvalue weighted by molar-refractivity contribution is -0.121. The number of carbonyl (C=O) groups is 3. The quantitative estimate of drug-likeness (QED) is 0.805. The largest absolute Gasteiger partial charge is 0.452 e. The molecule has 1 N–H and O–H groups in total. The average molecular weight is 351 g/mol. The van der Waals surface area contributed by atoms with Crippen LogP contribution in [0.4, 0.5) is 11.4 Å². The van der Waals surface area contributed by atoms with Gasteiger partial charge in [-0.3, -0.25) is 9.59 Å². The Morgan fingerprint density at radius 1 is 1.08 bits per heavy atom. The van der Waals surface area contributed by atoms with Crippen molar-refractivity contribution in [2.24, 2.45) is 0 Å². The number of amides is 2. The minimum atomic E-state index is -0.644. The lowest BCUT2D eigenvalue weighted by atomic mass is 10.2. The molecule has 2 aromatic carbocycles. The van der Waals surface area contributed by atoms with Crippen molar-refractivity contribution in [3.63, 3.8) is 0 Å². The van der Waals surface area contributed by atoms with E-state index in [9.17, 15) is 14.4 Å². The Morgan fingerprint density at radius 3 is 2.35 bits per heavy atom. The second-order valence-electron chi connectivity index (χ2n) is 5.32. The summed E-state index contributed by atoms with van der Waals surface area (Å²) in [4.78, 5) is 36.8. The van der Waals surface area contributed by atoms with Crippen molar-refractivity contribution in [1.82, 2.24) is 0 Å². The fourth-order valence-electron chi connectivity index (χ4n) is 2.07.